The molecule has 0 spiro atoms. The molecule has 2 rings (SSSR count). The summed E-state index contributed by atoms with van der Waals surface area (Å²) >= 11 is 0. The molecule has 2 aromatic carbocycles. The molecule has 0 aliphatic heterocycles. The molecular weight excluding hydrogens is 424 g/mol. The number of carboxylic acids is 2. The topological polar surface area (TPSA) is 149 Å². The van der Waals surface area contributed by atoms with E-state index in [1.807, 2.05) is 0 Å². The number of benzene rings is 2. The summed E-state index contributed by atoms with van der Waals surface area (Å²) in [5, 5.41) is 40.1. The van der Waals surface area contributed by atoms with Gasteiger partial charge in [-0.3, -0.25) is 0 Å². The van der Waals surface area contributed by atoms with Crippen molar-refractivity contribution in [1.82, 2.24) is 0 Å². The molecule has 9 heteroatoms. The van der Waals surface area contributed by atoms with Crippen molar-refractivity contribution in [1.29, 1.82) is 0 Å². The van der Waals surface area contributed by atoms with E-state index >= 15 is 0 Å². The Morgan fingerprint density at radius 1 is 0.742 bits per heavy atom. The molecule has 4 N–H and O–H groups in total. The van der Waals surface area contributed by atoms with E-state index in [0.29, 0.717) is 0 Å². The zero-order valence-corrected chi connectivity index (χ0v) is 18.5. The van der Waals surface area contributed by atoms with Crippen LogP contribution in [0.4, 0.5) is 0 Å². The van der Waals surface area contributed by atoms with Crippen LogP contribution in [0.5, 0.6) is 11.5 Å². The summed E-state index contributed by atoms with van der Waals surface area (Å²) in [6.07, 6.45) is 0.0625. The zero-order valence-electron chi connectivity index (χ0n) is 17.7. The summed E-state index contributed by atoms with van der Waals surface area (Å²) in [5.41, 5.74) is -0.773. The van der Waals surface area contributed by atoms with Crippen LogP contribution in [0.1, 0.15) is 59.5 Å². The first-order chi connectivity index (χ1) is 14.3. The third kappa shape index (κ3) is 4.82. The predicted molar refractivity (Wildman–Crippen MR) is 113 cm³/mol. The number of hydrogen-bond donors (Lipinski definition) is 4. The van der Waals surface area contributed by atoms with Crippen LogP contribution in [0, 0.1) is 11.8 Å². The van der Waals surface area contributed by atoms with E-state index < -0.39 is 43.1 Å². The fraction of sp³-hybridized carbons (Fsp3) is 0.364. The number of sulfone groups is 1. The molecule has 0 saturated carbocycles. The number of hydrogen-bond acceptors (Lipinski definition) is 6. The Labute approximate surface area is 180 Å². The molecular formula is C22H26O8S. The molecule has 0 unspecified atom stereocenters. The van der Waals surface area contributed by atoms with Gasteiger partial charge in [-0.1, -0.05) is 27.7 Å². The van der Waals surface area contributed by atoms with Crippen LogP contribution in [0.2, 0.25) is 0 Å². The van der Waals surface area contributed by atoms with E-state index in [2.05, 4.69) is 0 Å². The fourth-order valence-corrected chi connectivity index (χ4v) is 5.48. The largest absolute Gasteiger partial charge is 0.507 e. The van der Waals surface area contributed by atoms with Crippen molar-refractivity contribution in [2.24, 2.45) is 11.8 Å². The van der Waals surface area contributed by atoms with Crippen LogP contribution in [0.15, 0.2) is 34.1 Å². The molecule has 0 aromatic heterocycles. The summed E-state index contributed by atoms with van der Waals surface area (Å²) < 4.78 is 27.4. The summed E-state index contributed by atoms with van der Waals surface area (Å²) in [7, 11) is -4.69. The number of carboxylic acid groups (broad SMARTS) is 2. The molecule has 0 fully saturated rings. The quantitative estimate of drug-likeness (QED) is 0.475. The molecule has 0 atom stereocenters. The predicted octanol–water partition coefficient (Wildman–Crippen LogP) is 3.72. The number of phenolic OH excluding ortho intramolecular Hbond substituents is 2. The van der Waals surface area contributed by atoms with Crippen molar-refractivity contribution in [2.45, 2.75) is 50.3 Å². The molecule has 0 saturated heterocycles. The van der Waals surface area contributed by atoms with Crippen molar-refractivity contribution < 1.29 is 38.4 Å². The Morgan fingerprint density at radius 3 is 1.32 bits per heavy atom. The zero-order chi connectivity index (χ0) is 23.7. The van der Waals surface area contributed by atoms with E-state index in [9.17, 15) is 38.4 Å². The van der Waals surface area contributed by atoms with Gasteiger partial charge in [0.1, 0.15) is 21.3 Å². The first-order valence-electron chi connectivity index (χ1n) is 9.70. The molecule has 0 radical (unpaired) electrons. The molecule has 0 bridgehead atoms. The standard InChI is InChI=1S/C22H26O8S/c1-11(2)9-15-13(21(25)26)5-7-17(23)19(15)31(29,30)20-16(10-12(3)4)14(22(27)28)6-8-18(20)24/h5-8,11-12,23-24H,9-10H2,1-4H3,(H,25,26)(H,27,28). The smallest absolute Gasteiger partial charge is 0.336 e. The molecule has 0 aliphatic rings. The van der Waals surface area contributed by atoms with Crippen LogP contribution in [0.25, 0.3) is 0 Å². The number of aromatic carboxylic acids is 2. The lowest BCUT2D eigenvalue weighted by Gasteiger charge is -2.20. The van der Waals surface area contributed by atoms with Crippen molar-refractivity contribution in [2.75, 3.05) is 0 Å². The lowest BCUT2D eigenvalue weighted by molar-refractivity contribution is 0.0684. The Bertz CT molecular complexity index is 1050. The average Bonchev–Trinajstić information content (AvgIpc) is 2.59. The fourth-order valence-electron chi connectivity index (χ4n) is 3.56. The van der Waals surface area contributed by atoms with Gasteiger partial charge in [-0.05, 0) is 60.1 Å². The number of carbonyl (C=O) groups is 2. The van der Waals surface area contributed by atoms with Gasteiger partial charge in [0.15, 0.2) is 0 Å². The minimum absolute atomic E-state index is 0.0312. The average molecular weight is 451 g/mol. The first kappa shape index (κ1) is 24.2. The Morgan fingerprint density at radius 2 is 1.06 bits per heavy atom. The van der Waals surface area contributed by atoms with Crippen molar-refractivity contribution in [3.63, 3.8) is 0 Å². The maximum absolute atomic E-state index is 13.7. The number of aromatic hydroxyl groups is 2. The summed E-state index contributed by atoms with van der Waals surface area (Å²) in [6, 6.07) is 4.19. The highest BCUT2D eigenvalue weighted by Gasteiger charge is 2.34. The van der Waals surface area contributed by atoms with Crippen LogP contribution >= 0.6 is 0 Å². The SMILES string of the molecule is CC(C)Cc1c(C(=O)O)ccc(O)c1S(=O)(=O)c1c(O)ccc(C(=O)O)c1CC(C)C. The van der Waals surface area contributed by atoms with Gasteiger partial charge in [0, 0.05) is 0 Å². The minimum atomic E-state index is -4.69. The van der Waals surface area contributed by atoms with Crippen molar-refractivity contribution >= 4 is 21.8 Å². The third-order valence-corrected chi connectivity index (χ3v) is 6.69. The summed E-state index contributed by atoms with van der Waals surface area (Å²) in [5.74, 6) is -4.37. The van der Waals surface area contributed by atoms with Gasteiger partial charge in [0.05, 0.1) is 11.1 Å². The molecule has 168 valence electrons. The molecule has 0 aliphatic carbocycles. The van der Waals surface area contributed by atoms with Crippen LogP contribution in [-0.2, 0) is 22.7 Å². The van der Waals surface area contributed by atoms with E-state index in [4.69, 9.17) is 0 Å². The highest BCUT2D eigenvalue weighted by molar-refractivity contribution is 7.91. The second-order valence-corrected chi connectivity index (χ2v) is 10.0. The number of rotatable bonds is 8. The van der Waals surface area contributed by atoms with Gasteiger partial charge in [0.25, 0.3) is 0 Å². The van der Waals surface area contributed by atoms with Gasteiger partial charge in [0.2, 0.25) is 9.84 Å². The third-order valence-electron chi connectivity index (χ3n) is 4.70. The van der Waals surface area contributed by atoms with E-state index in [1.165, 1.54) is 0 Å². The Kier molecular flexibility index (Phi) is 7.00. The van der Waals surface area contributed by atoms with E-state index in [0.717, 1.165) is 24.3 Å². The van der Waals surface area contributed by atoms with Crippen molar-refractivity contribution in [3.8, 4) is 11.5 Å². The second-order valence-electron chi connectivity index (χ2n) is 8.19. The highest BCUT2D eigenvalue weighted by Crippen LogP contribution is 2.41. The van der Waals surface area contributed by atoms with Gasteiger partial charge in [-0.2, -0.15) is 0 Å². The molecule has 0 amide bonds. The van der Waals surface area contributed by atoms with Gasteiger partial charge in [-0.25, -0.2) is 18.0 Å². The van der Waals surface area contributed by atoms with Crippen LogP contribution < -0.4 is 0 Å². The number of phenols is 2. The van der Waals surface area contributed by atoms with Gasteiger partial charge < -0.3 is 20.4 Å². The monoisotopic (exact) mass is 450 g/mol. The maximum Gasteiger partial charge on any atom is 0.336 e. The van der Waals surface area contributed by atoms with Gasteiger partial charge in [-0.15, -0.1) is 0 Å². The lowest BCUT2D eigenvalue weighted by Crippen LogP contribution is -2.17. The van der Waals surface area contributed by atoms with E-state index in [1.54, 1.807) is 27.7 Å². The van der Waals surface area contributed by atoms with E-state index in [-0.39, 0.29) is 46.9 Å². The Hall–Kier alpha value is -3.07. The first-order valence-corrected chi connectivity index (χ1v) is 11.2. The van der Waals surface area contributed by atoms with Crippen molar-refractivity contribution in [3.05, 3.63) is 46.5 Å². The maximum atomic E-state index is 13.7. The summed E-state index contributed by atoms with van der Waals surface area (Å²) in [4.78, 5) is 22.2. The molecule has 2 aromatic rings. The van der Waals surface area contributed by atoms with Crippen LogP contribution in [-0.4, -0.2) is 40.8 Å². The molecule has 31 heavy (non-hydrogen) atoms. The Balaban J connectivity index is 3.01. The normalized spacial score (nSPS) is 11.8. The highest BCUT2D eigenvalue weighted by atomic mass is 32.2. The molecule has 0 heterocycles. The van der Waals surface area contributed by atoms with Crippen LogP contribution in [0.3, 0.4) is 0 Å². The minimum Gasteiger partial charge on any atom is -0.507 e. The molecule has 8 nitrogen and oxygen atoms in total. The lowest BCUT2D eigenvalue weighted by atomic mass is 9.97. The second kappa shape index (κ2) is 8.97. The van der Waals surface area contributed by atoms with Gasteiger partial charge >= 0.3 is 11.9 Å². The summed E-state index contributed by atoms with van der Waals surface area (Å²) in [6.45, 7) is 7.05.